The van der Waals surface area contributed by atoms with Crippen LogP contribution in [-0.2, 0) is 13.0 Å². The van der Waals surface area contributed by atoms with Gasteiger partial charge in [0.2, 0.25) is 11.6 Å². The molecule has 4 aromatic rings. The van der Waals surface area contributed by atoms with Crippen LogP contribution in [0.25, 0.3) is 11.3 Å². The van der Waals surface area contributed by atoms with E-state index >= 15 is 0 Å². The lowest BCUT2D eigenvalue weighted by Gasteiger charge is -2.08. The first-order valence-electron chi connectivity index (χ1n) is 11.4. The Balaban J connectivity index is 1.59. The highest BCUT2D eigenvalue weighted by Gasteiger charge is 2.18. The number of pyridine rings is 1. The SMILES string of the molecule is CCCCCn1nc(C(=O)c2ccccc2)nc1Cc1ccc(-c2ccccc2C(=O)O)nc1. The normalized spacial score (nSPS) is 10.9. The summed E-state index contributed by atoms with van der Waals surface area (Å²) in [5.41, 5.74) is 2.83. The van der Waals surface area contributed by atoms with E-state index in [0.29, 0.717) is 35.6 Å². The van der Waals surface area contributed by atoms with Crippen molar-refractivity contribution in [2.75, 3.05) is 0 Å². The number of ketones is 1. The molecule has 2 aromatic carbocycles. The molecule has 0 saturated heterocycles. The van der Waals surface area contributed by atoms with Gasteiger partial charge in [0.05, 0.1) is 11.3 Å². The van der Waals surface area contributed by atoms with Gasteiger partial charge in [-0.15, -0.1) is 5.10 Å². The van der Waals surface area contributed by atoms with Gasteiger partial charge in [0.25, 0.3) is 0 Å². The van der Waals surface area contributed by atoms with Gasteiger partial charge in [-0.2, -0.15) is 0 Å². The van der Waals surface area contributed by atoms with Crippen molar-refractivity contribution in [3.63, 3.8) is 0 Å². The number of carbonyl (C=O) groups is 2. The molecule has 0 spiro atoms. The Hall–Kier alpha value is -4.13. The van der Waals surface area contributed by atoms with Gasteiger partial charge in [0.1, 0.15) is 5.82 Å². The number of unbranched alkanes of at least 4 members (excludes halogenated alkanes) is 2. The van der Waals surface area contributed by atoms with Crippen LogP contribution in [0.2, 0.25) is 0 Å². The summed E-state index contributed by atoms with van der Waals surface area (Å²) in [4.78, 5) is 33.5. The lowest BCUT2D eigenvalue weighted by molar-refractivity contribution is 0.0697. The number of hydrogen-bond acceptors (Lipinski definition) is 5. The van der Waals surface area contributed by atoms with E-state index in [1.807, 2.05) is 35.0 Å². The number of aromatic carboxylic acids is 1. The van der Waals surface area contributed by atoms with Gasteiger partial charge in [-0.3, -0.25) is 9.78 Å². The molecule has 0 saturated carbocycles. The number of nitrogens with zero attached hydrogens (tertiary/aromatic N) is 4. The molecular formula is C27H26N4O3. The largest absolute Gasteiger partial charge is 0.478 e. The third-order valence-electron chi connectivity index (χ3n) is 5.58. The van der Waals surface area contributed by atoms with Crippen LogP contribution in [-0.4, -0.2) is 36.6 Å². The molecule has 0 radical (unpaired) electrons. The van der Waals surface area contributed by atoms with Crippen molar-refractivity contribution < 1.29 is 14.7 Å². The molecule has 7 nitrogen and oxygen atoms in total. The summed E-state index contributed by atoms with van der Waals surface area (Å²) < 4.78 is 1.82. The summed E-state index contributed by atoms with van der Waals surface area (Å²) in [7, 11) is 0. The van der Waals surface area contributed by atoms with Gasteiger partial charge in [-0.1, -0.05) is 74.4 Å². The Morgan fingerprint density at radius 2 is 1.71 bits per heavy atom. The molecule has 2 aromatic heterocycles. The first-order valence-corrected chi connectivity index (χ1v) is 11.4. The molecule has 0 unspecified atom stereocenters. The lowest BCUT2D eigenvalue weighted by Crippen LogP contribution is -2.08. The minimum absolute atomic E-state index is 0.192. The molecule has 172 valence electrons. The predicted molar refractivity (Wildman–Crippen MR) is 129 cm³/mol. The van der Waals surface area contributed by atoms with Crippen LogP contribution < -0.4 is 0 Å². The zero-order valence-electron chi connectivity index (χ0n) is 19.0. The average Bonchev–Trinajstić information content (AvgIpc) is 3.27. The number of carboxylic acid groups (broad SMARTS) is 1. The summed E-state index contributed by atoms with van der Waals surface area (Å²) in [6, 6.07) is 19.6. The molecule has 0 aliphatic heterocycles. The van der Waals surface area contributed by atoms with E-state index in [1.54, 1.807) is 42.6 Å². The third kappa shape index (κ3) is 5.26. The second kappa shape index (κ2) is 10.7. The Bertz CT molecular complexity index is 1280. The zero-order valence-corrected chi connectivity index (χ0v) is 19.0. The molecule has 7 heteroatoms. The fraction of sp³-hybridized carbons (Fsp3) is 0.222. The number of aryl methyl sites for hydroxylation is 1. The number of benzene rings is 2. The van der Waals surface area contributed by atoms with E-state index in [4.69, 9.17) is 0 Å². The monoisotopic (exact) mass is 454 g/mol. The van der Waals surface area contributed by atoms with E-state index in [2.05, 4.69) is 22.0 Å². The topological polar surface area (TPSA) is 98.0 Å². The van der Waals surface area contributed by atoms with E-state index in [-0.39, 0.29) is 17.2 Å². The zero-order chi connectivity index (χ0) is 23.9. The van der Waals surface area contributed by atoms with Gasteiger partial charge in [0.15, 0.2) is 0 Å². The summed E-state index contributed by atoms with van der Waals surface area (Å²) in [5, 5.41) is 14.0. The molecule has 0 amide bonds. The van der Waals surface area contributed by atoms with Gasteiger partial charge < -0.3 is 5.11 Å². The summed E-state index contributed by atoms with van der Waals surface area (Å²) in [6.07, 6.45) is 5.30. The molecule has 0 fully saturated rings. The summed E-state index contributed by atoms with van der Waals surface area (Å²) in [6.45, 7) is 2.83. The molecule has 0 bridgehead atoms. The van der Waals surface area contributed by atoms with E-state index in [1.165, 1.54) is 0 Å². The van der Waals surface area contributed by atoms with Crippen LogP contribution in [0, 0.1) is 0 Å². The number of rotatable bonds is 10. The standard InChI is InChI=1S/C27H26N4O3/c1-2-3-9-16-31-24(29-26(30-31)25(32)20-10-5-4-6-11-20)17-19-14-15-23(28-18-19)21-12-7-8-13-22(21)27(33)34/h4-8,10-15,18H,2-3,9,16-17H2,1H3,(H,33,34). The van der Waals surface area contributed by atoms with Gasteiger partial charge in [-0.05, 0) is 24.1 Å². The first kappa shape index (κ1) is 23.0. The summed E-state index contributed by atoms with van der Waals surface area (Å²) in [5.74, 6) is -0.291. The molecule has 0 aliphatic carbocycles. The molecule has 0 aliphatic rings. The van der Waals surface area contributed by atoms with Crippen molar-refractivity contribution in [3.05, 3.63) is 101 Å². The van der Waals surface area contributed by atoms with Crippen LogP contribution in [0.3, 0.4) is 0 Å². The maximum Gasteiger partial charge on any atom is 0.336 e. The molecule has 0 atom stereocenters. The predicted octanol–water partition coefficient (Wildman–Crippen LogP) is 5.05. The highest BCUT2D eigenvalue weighted by molar-refractivity contribution is 6.06. The van der Waals surface area contributed by atoms with Crippen molar-refractivity contribution >= 4 is 11.8 Å². The lowest BCUT2D eigenvalue weighted by atomic mass is 10.0. The highest BCUT2D eigenvalue weighted by atomic mass is 16.4. The van der Waals surface area contributed by atoms with Crippen molar-refractivity contribution in [1.29, 1.82) is 0 Å². The van der Waals surface area contributed by atoms with Crippen molar-refractivity contribution in [1.82, 2.24) is 19.7 Å². The molecule has 1 N–H and O–H groups in total. The molecular weight excluding hydrogens is 428 g/mol. The first-order chi connectivity index (χ1) is 16.6. The number of carboxylic acids is 1. The molecule has 2 heterocycles. The maximum atomic E-state index is 12.9. The van der Waals surface area contributed by atoms with Crippen LogP contribution in [0.5, 0.6) is 0 Å². The second-order valence-corrected chi connectivity index (χ2v) is 8.06. The van der Waals surface area contributed by atoms with Crippen LogP contribution in [0.1, 0.15) is 64.1 Å². The van der Waals surface area contributed by atoms with Crippen LogP contribution >= 0.6 is 0 Å². The fourth-order valence-corrected chi connectivity index (χ4v) is 3.77. The minimum atomic E-state index is -0.989. The third-order valence-corrected chi connectivity index (χ3v) is 5.58. The van der Waals surface area contributed by atoms with Gasteiger partial charge in [-0.25, -0.2) is 14.5 Å². The molecule has 4 rings (SSSR count). The Labute approximate surface area is 198 Å². The number of hydrogen-bond donors (Lipinski definition) is 1. The quantitative estimate of drug-likeness (QED) is 0.266. The number of carbonyl (C=O) groups excluding carboxylic acids is 1. The Morgan fingerprint density at radius 1 is 0.941 bits per heavy atom. The Morgan fingerprint density at radius 3 is 2.41 bits per heavy atom. The van der Waals surface area contributed by atoms with E-state index < -0.39 is 5.97 Å². The smallest absolute Gasteiger partial charge is 0.336 e. The van der Waals surface area contributed by atoms with Gasteiger partial charge in [0, 0.05) is 30.3 Å². The summed E-state index contributed by atoms with van der Waals surface area (Å²) >= 11 is 0. The van der Waals surface area contributed by atoms with E-state index in [0.717, 1.165) is 24.8 Å². The molecule has 34 heavy (non-hydrogen) atoms. The average molecular weight is 455 g/mol. The number of aromatic nitrogens is 4. The van der Waals surface area contributed by atoms with Crippen LogP contribution in [0.4, 0.5) is 0 Å². The maximum absolute atomic E-state index is 12.9. The van der Waals surface area contributed by atoms with Crippen LogP contribution in [0.15, 0.2) is 72.9 Å². The second-order valence-electron chi connectivity index (χ2n) is 8.06. The fourth-order valence-electron chi connectivity index (χ4n) is 3.77. The van der Waals surface area contributed by atoms with Crippen molar-refractivity contribution in [2.45, 2.75) is 39.2 Å². The van der Waals surface area contributed by atoms with E-state index in [9.17, 15) is 14.7 Å². The van der Waals surface area contributed by atoms with Crippen molar-refractivity contribution in [3.8, 4) is 11.3 Å². The Kier molecular flexibility index (Phi) is 7.22. The highest BCUT2D eigenvalue weighted by Crippen LogP contribution is 2.22. The van der Waals surface area contributed by atoms with Crippen molar-refractivity contribution in [2.24, 2.45) is 0 Å². The minimum Gasteiger partial charge on any atom is -0.478 e. The van der Waals surface area contributed by atoms with Gasteiger partial charge >= 0.3 is 5.97 Å².